The van der Waals surface area contributed by atoms with Crippen molar-refractivity contribution >= 4 is 0 Å². The number of hydrogen-bond acceptors (Lipinski definition) is 2. The molecular weight excluding hydrogens is 210 g/mol. The van der Waals surface area contributed by atoms with E-state index in [2.05, 4.69) is 38.2 Å². The van der Waals surface area contributed by atoms with Gasteiger partial charge in [0.25, 0.3) is 0 Å². The molecule has 2 heteroatoms. The fourth-order valence-corrected chi connectivity index (χ4v) is 2.24. The van der Waals surface area contributed by atoms with Crippen LogP contribution < -0.4 is 5.32 Å². The van der Waals surface area contributed by atoms with Crippen LogP contribution in [-0.2, 0) is 4.74 Å². The lowest BCUT2D eigenvalue weighted by Gasteiger charge is -2.21. The van der Waals surface area contributed by atoms with Crippen molar-refractivity contribution in [1.82, 2.24) is 5.32 Å². The smallest absolute Gasteiger partial charge is 0.0585 e. The quantitative estimate of drug-likeness (QED) is 0.686. The molecular formula is C15H29NO. The second kappa shape index (κ2) is 8.71. The molecule has 0 radical (unpaired) electrons. The summed E-state index contributed by atoms with van der Waals surface area (Å²) >= 11 is 0. The van der Waals surface area contributed by atoms with E-state index in [1.807, 2.05) is 0 Å². The van der Waals surface area contributed by atoms with E-state index in [1.54, 1.807) is 0 Å². The molecule has 1 heterocycles. The van der Waals surface area contributed by atoms with Gasteiger partial charge >= 0.3 is 0 Å². The first kappa shape index (κ1) is 14.7. The van der Waals surface area contributed by atoms with Crippen molar-refractivity contribution < 1.29 is 4.74 Å². The van der Waals surface area contributed by atoms with Gasteiger partial charge in [0, 0.05) is 0 Å². The Labute approximate surface area is 107 Å². The van der Waals surface area contributed by atoms with Crippen molar-refractivity contribution in [3.05, 3.63) is 12.2 Å². The molecule has 0 aliphatic carbocycles. The van der Waals surface area contributed by atoms with Crippen molar-refractivity contribution in [2.75, 3.05) is 13.1 Å². The molecule has 0 aromatic carbocycles. The van der Waals surface area contributed by atoms with Gasteiger partial charge in [0.15, 0.2) is 0 Å². The van der Waals surface area contributed by atoms with Crippen LogP contribution in [-0.4, -0.2) is 25.3 Å². The molecule has 0 bridgehead atoms. The third-order valence-electron chi connectivity index (χ3n) is 3.60. The second-order valence-electron chi connectivity index (χ2n) is 5.30. The normalized spacial score (nSPS) is 21.8. The van der Waals surface area contributed by atoms with Crippen LogP contribution in [0.3, 0.4) is 0 Å². The largest absolute Gasteiger partial charge is 0.375 e. The van der Waals surface area contributed by atoms with Crippen molar-refractivity contribution in [3.63, 3.8) is 0 Å². The van der Waals surface area contributed by atoms with E-state index in [1.165, 1.54) is 32.4 Å². The summed E-state index contributed by atoms with van der Waals surface area (Å²) in [6.45, 7) is 8.89. The summed E-state index contributed by atoms with van der Waals surface area (Å²) in [7, 11) is 0. The zero-order valence-electron chi connectivity index (χ0n) is 11.7. The Morgan fingerprint density at radius 2 is 1.88 bits per heavy atom. The Bertz CT molecular complexity index is 209. The van der Waals surface area contributed by atoms with Gasteiger partial charge in [-0.3, -0.25) is 0 Å². The Morgan fingerprint density at radius 1 is 1.18 bits per heavy atom. The van der Waals surface area contributed by atoms with Crippen molar-refractivity contribution in [3.8, 4) is 0 Å². The molecule has 0 spiro atoms. The first-order chi connectivity index (χ1) is 8.22. The highest BCUT2D eigenvalue weighted by Crippen LogP contribution is 2.16. The number of nitrogens with one attached hydrogen (secondary N) is 1. The Hall–Kier alpha value is -0.340. The first-order valence-corrected chi connectivity index (χ1v) is 7.23. The van der Waals surface area contributed by atoms with Crippen LogP contribution in [0.2, 0.25) is 0 Å². The predicted octanol–water partition coefficient (Wildman–Crippen LogP) is 3.53. The number of rotatable bonds is 7. The van der Waals surface area contributed by atoms with Crippen LogP contribution in [0.1, 0.15) is 52.9 Å². The van der Waals surface area contributed by atoms with E-state index in [9.17, 15) is 0 Å². The molecule has 0 unspecified atom stereocenters. The van der Waals surface area contributed by atoms with Crippen LogP contribution in [0.25, 0.3) is 0 Å². The molecule has 0 aromatic rings. The molecule has 0 aromatic heterocycles. The monoisotopic (exact) mass is 239 g/mol. The van der Waals surface area contributed by atoms with Gasteiger partial charge in [-0.1, -0.05) is 19.1 Å². The Balaban J connectivity index is 2.07. The number of ether oxygens (including phenoxy) is 1. The molecule has 17 heavy (non-hydrogen) atoms. The molecule has 2 atom stereocenters. The van der Waals surface area contributed by atoms with Gasteiger partial charge in [0.1, 0.15) is 0 Å². The predicted molar refractivity (Wildman–Crippen MR) is 74.3 cm³/mol. The maximum atomic E-state index is 5.83. The maximum absolute atomic E-state index is 5.83. The van der Waals surface area contributed by atoms with Gasteiger partial charge in [0.05, 0.1) is 12.2 Å². The fourth-order valence-electron chi connectivity index (χ4n) is 2.24. The fraction of sp³-hybridized carbons (Fsp3) is 0.867. The summed E-state index contributed by atoms with van der Waals surface area (Å²) in [5.74, 6) is 0.901. The van der Waals surface area contributed by atoms with Gasteiger partial charge in [-0.15, -0.1) is 0 Å². The summed E-state index contributed by atoms with van der Waals surface area (Å²) in [6.07, 6.45) is 11.5. The summed E-state index contributed by atoms with van der Waals surface area (Å²) in [5.41, 5.74) is 0. The van der Waals surface area contributed by atoms with E-state index in [0.29, 0.717) is 12.2 Å². The zero-order valence-corrected chi connectivity index (χ0v) is 11.7. The molecule has 0 amide bonds. The molecule has 0 saturated carbocycles. The third-order valence-corrected chi connectivity index (χ3v) is 3.60. The second-order valence-corrected chi connectivity index (χ2v) is 5.30. The van der Waals surface area contributed by atoms with Crippen molar-refractivity contribution in [2.45, 2.75) is 65.1 Å². The average Bonchev–Trinajstić information content (AvgIpc) is 2.36. The van der Waals surface area contributed by atoms with E-state index in [-0.39, 0.29) is 0 Å². The minimum atomic E-state index is 0.356. The maximum Gasteiger partial charge on any atom is 0.0585 e. The van der Waals surface area contributed by atoms with Crippen LogP contribution >= 0.6 is 0 Å². The summed E-state index contributed by atoms with van der Waals surface area (Å²) in [5, 5.41) is 3.41. The van der Waals surface area contributed by atoms with Crippen molar-refractivity contribution in [2.24, 2.45) is 5.92 Å². The molecule has 1 aliphatic rings. The highest BCUT2D eigenvalue weighted by atomic mass is 16.5. The van der Waals surface area contributed by atoms with Crippen LogP contribution in [0.4, 0.5) is 0 Å². The molecule has 1 rings (SSSR count). The summed E-state index contributed by atoms with van der Waals surface area (Å²) < 4.78 is 5.83. The lowest BCUT2D eigenvalue weighted by molar-refractivity contribution is 0.00860. The minimum absolute atomic E-state index is 0.356. The average molecular weight is 239 g/mol. The molecule has 1 saturated heterocycles. The standard InChI is InChI=1S/C15H29NO/c1-4-13(2)17-14(3)7-5-6-8-15-9-11-16-12-10-15/h5-6,13-16H,4,7-12H2,1-3H3/b6-5+/t13-,14+/m0/s1. The van der Waals surface area contributed by atoms with Gasteiger partial charge in [0.2, 0.25) is 0 Å². The molecule has 2 nitrogen and oxygen atoms in total. The lowest BCUT2D eigenvalue weighted by Crippen LogP contribution is -2.27. The number of allylic oxidation sites excluding steroid dienone is 1. The first-order valence-electron chi connectivity index (χ1n) is 7.23. The highest BCUT2D eigenvalue weighted by molar-refractivity contribution is 4.87. The van der Waals surface area contributed by atoms with Crippen LogP contribution in [0.15, 0.2) is 12.2 Å². The Kier molecular flexibility index (Phi) is 7.54. The SMILES string of the molecule is CC[C@H](C)O[C@H](C)C/C=C/CC1CCNCC1. The molecule has 1 fully saturated rings. The van der Waals surface area contributed by atoms with Gasteiger partial charge in [-0.05, 0) is 65.0 Å². The summed E-state index contributed by atoms with van der Waals surface area (Å²) in [4.78, 5) is 0. The van der Waals surface area contributed by atoms with E-state index < -0.39 is 0 Å². The van der Waals surface area contributed by atoms with Gasteiger partial charge in [-0.2, -0.15) is 0 Å². The highest BCUT2D eigenvalue weighted by Gasteiger charge is 2.10. The van der Waals surface area contributed by atoms with Gasteiger partial charge in [-0.25, -0.2) is 0 Å². The van der Waals surface area contributed by atoms with E-state index in [0.717, 1.165) is 18.8 Å². The van der Waals surface area contributed by atoms with Crippen LogP contribution in [0, 0.1) is 5.92 Å². The van der Waals surface area contributed by atoms with Crippen molar-refractivity contribution in [1.29, 1.82) is 0 Å². The molecule has 1 aliphatic heterocycles. The lowest BCUT2D eigenvalue weighted by atomic mass is 9.94. The zero-order chi connectivity index (χ0) is 12.5. The van der Waals surface area contributed by atoms with E-state index >= 15 is 0 Å². The minimum Gasteiger partial charge on any atom is -0.375 e. The number of hydrogen-bond donors (Lipinski definition) is 1. The van der Waals surface area contributed by atoms with Crippen LogP contribution in [0.5, 0.6) is 0 Å². The Morgan fingerprint density at radius 3 is 2.53 bits per heavy atom. The third kappa shape index (κ3) is 6.85. The number of piperidine rings is 1. The van der Waals surface area contributed by atoms with Gasteiger partial charge < -0.3 is 10.1 Å². The topological polar surface area (TPSA) is 21.3 Å². The molecule has 1 N–H and O–H groups in total. The molecule has 100 valence electrons. The van der Waals surface area contributed by atoms with E-state index in [4.69, 9.17) is 4.74 Å². The summed E-state index contributed by atoms with van der Waals surface area (Å²) in [6, 6.07) is 0.